The van der Waals surface area contributed by atoms with Gasteiger partial charge in [0.15, 0.2) is 5.76 Å². The maximum absolute atomic E-state index is 13.4. The van der Waals surface area contributed by atoms with E-state index in [0.29, 0.717) is 43.2 Å². The molecule has 2 aromatic carbocycles. The lowest BCUT2D eigenvalue weighted by atomic mass is 9.85. The van der Waals surface area contributed by atoms with Crippen LogP contribution in [0, 0.1) is 11.7 Å². The highest BCUT2D eigenvalue weighted by Gasteiger charge is 2.27. The zero-order valence-corrected chi connectivity index (χ0v) is 21.1. The van der Waals surface area contributed by atoms with Crippen LogP contribution in [0.5, 0.6) is 0 Å². The molecule has 3 aromatic rings. The number of halogens is 1. The summed E-state index contributed by atoms with van der Waals surface area (Å²) in [5.74, 6) is -0.471. The van der Waals surface area contributed by atoms with Crippen molar-refractivity contribution in [3.05, 3.63) is 83.6 Å². The average Bonchev–Trinajstić information content (AvgIpc) is 3.32. The van der Waals surface area contributed by atoms with Gasteiger partial charge in [-0.3, -0.25) is 14.4 Å². The Hall–Kier alpha value is -4.14. The lowest BCUT2D eigenvalue weighted by Crippen LogP contribution is -2.35. The average molecular weight is 519 g/mol. The number of carbonyl (C=O) groups excluding carboxylic acids is 3. The third-order valence-corrected chi connectivity index (χ3v) is 7.21. The molecule has 2 heterocycles. The Morgan fingerprint density at radius 1 is 0.947 bits per heavy atom. The highest BCUT2D eigenvalue weighted by molar-refractivity contribution is 6.02. The largest absolute Gasteiger partial charge is 0.459 e. The normalized spacial score (nSPS) is 15.9. The third-order valence-electron chi connectivity index (χ3n) is 7.21. The van der Waals surface area contributed by atoms with E-state index in [1.54, 1.807) is 35.2 Å². The quantitative estimate of drug-likeness (QED) is 0.482. The summed E-state index contributed by atoms with van der Waals surface area (Å²) in [5.41, 5.74) is 2.51. The van der Waals surface area contributed by atoms with Crippen molar-refractivity contribution in [1.29, 1.82) is 0 Å². The predicted octanol–water partition coefficient (Wildman–Crippen LogP) is 4.44. The Bertz CT molecular complexity index is 1290. The molecule has 2 N–H and O–H groups in total. The molecule has 2 aliphatic rings. The second kappa shape index (κ2) is 11.5. The fraction of sp³-hybridized carbons (Fsp3) is 0.345. The van der Waals surface area contributed by atoms with Gasteiger partial charge in [0.25, 0.3) is 11.8 Å². The second-order valence-corrected chi connectivity index (χ2v) is 9.77. The summed E-state index contributed by atoms with van der Waals surface area (Å²) in [6, 6.07) is 14.7. The van der Waals surface area contributed by atoms with E-state index in [-0.39, 0.29) is 36.0 Å². The fourth-order valence-electron chi connectivity index (χ4n) is 4.78. The van der Waals surface area contributed by atoms with Crippen LogP contribution in [0.1, 0.15) is 52.2 Å². The van der Waals surface area contributed by atoms with Crippen LogP contribution in [0.25, 0.3) is 0 Å². The number of furan rings is 1. The van der Waals surface area contributed by atoms with Crippen LogP contribution in [-0.4, -0.2) is 48.8 Å². The molecule has 8 nitrogen and oxygen atoms in total. The first kappa shape index (κ1) is 25.5. The number of nitrogens with one attached hydrogen (secondary N) is 2. The molecule has 1 aliphatic carbocycles. The van der Waals surface area contributed by atoms with E-state index in [2.05, 4.69) is 15.5 Å². The number of hydrogen-bond acceptors (Lipinski definition) is 5. The van der Waals surface area contributed by atoms with Crippen LogP contribution in [0.2, 0.25) is 0 Å². The van der Waals surface area contributed by atoms with Gasteiger partial charge in [0, 0.05) is 50.0 Å². The molecule has 1 saturated heterocycles. The lowest BCUT2D eigenvalue weighted by molar-refractivity contribution is -0.122. The number of hydrogen-bond donors (Lipinski definition) is 2. The number of amides is 3. The molecule has 0 atom stereocenters. The molecule has 1 aromatic heterocycles. The maximum atomic E-state index is 13.4. The van der Waals surface area contributed by atoms with Gasteiger partial charge in [-0.25, -0.2) is 4.39 Å². The van der Waals surface area contributed by atoms with Gasteiger partial charge in [0.05, 0.1) is 11.8 Å². The standard InChI is InChI=1S/C29H31FN4O4/c30-22-9-7-20(8-10-22)19-31-28(36)24-18-23(32-27(35)21-4-1-5-21)11-12-25(24)33-13-3-14-34(16-15-33)29(37)26-6-2-17-38-26/h2,6-12,17-18,21H,1,3-5,13-16,19H2,(H,31,36)(H,32,35). The molecule has 3 amide bonds. The summed E-state index contributed by atoms with van der Waals surface area (Å²) in [7, 11) is 0. The van der Waals surface area contributed by atoms with Gasteiger partial charge in [-0.1, -0.05) is 18.6 Å². The van der Waals surface area contributed by atoms with Gasteiger partial charge >= 0.3 is 0 Å². The van der Waals surface area contributed by atoms with E-state index in [9.17, 15) is 18.8 Å². The SMILES string of the molecule is O=C(NCc1ccc(F)cc1)c1cc(NC(=O)C2CCC2)ccc1N1CCCN(C(=O)c2ccco2)CC1. The molecular weight excluding hydrogens is 487 g/mol. The number of anilines is 2. The van der Waals surface area contributed by atoms with Gasteiger partial charge in [-0.05, 0) is 67.3 Å². The number of rotatable bonds is 7. The van der Waals surface area contributed by atoms with Gasteiger partial charge in [-0.15, -0.1) is 0 Å². The minimum absolute atomic E-state index is 0.0220. The number of nitrogens with zero attached hydrogens (tertiary/aromatic N) is 2. The third kappa shape index (κ3) is 5.88. The summed E-state index contributed by atoms with van der Waals surface area (Å²) in [6.07, 6.45) is 5.04. The van der Waals surface area contributed by atoms with Crippen molar-refractivity contribution in [3.8, 4) is 0 Å². The van der Waals surface area contributed by atoms with E-state index in [4.69, 9.17) is 4.42 Å². The molecule has 0 unspecified atom stereocenters. The Balaban J connectivity index is 1.34. The van der Waals surface area contributed by atoms with Crippen molar-refractivity contribution in [1.82, 2.24) is 10.2 Å². The Morgan fingerprint density at radius 3 is 2.47 bits per heavy atom. The van der Waals surface area contributed by atoms with Crippen molar-refractivity contribution in [2.45, 2.75) is 32.2 Å². The molecule has 0 bridgehead atoms. The smallest absolute Gasteiger partial charge is 0.289 e. The minimum Gasteiger partial charge on any atom is -0.459 e. The van der Waals surface area contributed by atoms with E-state index < -0.39 is 0 Å². The second-order valence-electron chi connectivity index (χ2n) is 9.77. The maximum Gasteiger partial charge on any atom is 0.289 e. The lowest BCUT2D eigenvalue weighted by Gasteiger charge is -2.27. The molecular formula is C29H31FN4O4. The summed E-state index contributed by atoms with van der Waals surface area (Å²) in [5, 5.41) is 5.88. The van der Waals surface area contributed by atoms with Gasteiger partial charge < -0.3 is 24.9 Å². The van der Waals surface area contributed by atoms with Gasteiger partial charge in [-0.2, -0.15) is 0 Å². The Kier molecular flexibility index (Phi) is 7.72. The van der Waals surface area contributed by atoms with Crippen molar-refractivity contribution >= 4 is 29.1 Å². The first-order valence-corrected chi connectivity index (χ1v) is 13.0. The molecule has 0 spiro atoms. The zero-order chi connectivity index (χ0) is 26.5. The van der Waals surface area contributed by atoms with Crippen molar-refractivity contribution in [3.63, 3.8) is 0 Å². The van der Waals surface area contributed by atoms with Crippen LogP contribution < -0.4 is 15.5 Å². The molecule has 1 saturated carbocycles. The van der Waals surface area contributed by atoms with Crippen molar-refractivity contribution in [2.75, 3.05) is 36.4 Å². The number of carbonyl (C=O) groups is 3. The fourth-order valence-corrected chi connectivity index (χ4v) is 4.78. The summed E-state index contributed by atoms with van der Waals surface area (Å²) in [6.45, 7) is 2.50. The van der Waals surface area contributed by atoms with Crippen LogP contribution in [0.3, 0.4) is 0 Å². The molecule has 0 radical (unpaired) electrons. The van der Waals surface area contributed by atoms with E-state index >= 15 is 0 Å². The first-order chi connectivity index (χ1) is 18.5. The van der Waals surface area contributed by atoms with Crippen molar-refractivity contribution < 1.29 is 23.2 Å². The monoisotopic (exact) mass is 518 g/mol. The van der Waals surface area contributed by atoms with Gasteiger partial charge in [0.2, 0.25) is 5.91 Å². The Labute approximate surface area is 220 Å². The zero-order valence-electron chi connectivity index (χ0n) is 21.1. The molecule has 1 aliphatic heterocycles. The van der Waals surface area contributed by atoms with E-state index in [0.717, 1.165) is 36.9 Å². The minimum atomic E-state index is -0.335. The van der Waals surface area contributed by atoms with Crippen LogP contribution >= 0.6 is 0 Å². The summed E-state index contributed by atoms with van der Waals surface area (Å²) < 4.78 is 18.6. The van der Waals surface area contributed by atoms with Crippen molar-refractivity contribution in [2.24, 2.45) is 5.92 Å². The molecule has 198 valence electrons. The van der Waals surface area contributed by atoms with Gasteiger partial charge in [0.1, 0.15) is 5.82 Å². The molecule has 2 fully saturated rings. The first-order valence-electron chi connectivity index (χ1n) is 13.0. The van der Waals surface area contributed by atoms with E-state index in [1.807, 2.05) is 12.1 Å². The highest BCUT2D eigenvalue weighted by atomic mass is 19.1. The Morgan fingerprint density at radius 2 is 1.76 bits per heavy atom. The molecule has 38 heavy (non-hydrogen) atoms. The highest BCUT2D eigenvalue weighted by Crippen LogP contribution is 2.30. The summed E-state index contributed by atoms with van der Waals surface area (Å²) >= 11 is 0. The van der Waals surface area contributed by atoms with Crippen LogP contribution in [0.15, 0.2) is 65.3 Å². The molecule has 5 rings (SSSR count). The number of benzene rings is 2. The molecule has 9 heteroatoms. The van der Waals surface area contributed by atoms with Crippen LogP contribution in [0.4, 0.5) is 15.8 Å². The van der Waals surface area contributed by atoms with E-state index in [1.165, 1.54) is 18.4 Å². The van der Waals surface area contributed by atoms with Crippen LogP contribution in [-0.2, 0) is 11.3 Å². The topological polar surface area (TPSA) is 94.9 Å². The predicted molar refractivity (Wildman–Crippen MR) is 141 cm³/mol. The summed E-state index contributed by atoms with van der Waals surface area (Å²) in [4.78, 5) is 42.6.